The fourth-order valence-electron chi connectivity index (χ4n) is 1.56. The number of nitrogens with zero attached hydrogens (tertiary/aromatic N) is 1. The summed E-state index contributed by atoms with van der Waals surface area (Å²) >= 11 is 0. The zero-order valence-corrected chi connectivity index (χ0v) is 10.6. The number of benzene rings is 1. The van der Waals surface area contributed by atoms with Crippen molar-refractivity contribution in [2.75, 3.05) is 7.11 Å². The number of aromatic hydroxyl groups is 1. The number of aromatic nitrogens is 1. The van der Waals surface area contributed by atoms with Crippen molar-refractivity contribution in [1.82, 2.24) is 10.5 Å². The lowest BCUT2D eigenvalue weighted by atomic mass is 10.2. The van der Waals surface area contributed by atoms with Gasteiger partial charge in [-0.1, -0.05) is 5.16 Å². The maximum Gasteiger partial charge on any atom is 0.290 e. The molecule has 6 heteroatoms. The fourth-order valence-corrected chi connectivity index (χ4v) is 1.56. The molecule has 2 rings (SSSR count). The third-order valence-electron chi connectivity index (χ3n) is 2.58. The van der Waals surface area contributed by atoms with Gasteiger partial charge in [0.25, 0.3) is 5.91 Å². The summed E-state index contributed by atoms with van der Waals surface area (Å²) in [6.07, 6.45) is 0. The second kappa shape index (κ2) is 5.43. The normalized spacial score (nSPS) is 10.2. The lowest BCUT2D eigenvalue weighted by Crippen LogP contribution is -2.22. The van der Waals surface area contributed by atoms with Crippen molar-refractivity contribution in [1.29, 1.82) is 0 Å². The van der Waals surface area contributed by atoms with E-state index in [0.717, 1.165) is 0 Å². The van der Waals surface area contributed by atoms with Crippen LogP contribution in [0.25, 0.3) is 0 Å². The van der Waals surface area contributed by atoms with Gasteiger partial charge in [0.15, 0.2) is 0 Å². The molecule has 1 amide bonds. The third kappa shape index (κ3) is 3.04. The van der Waals surface area contributed by atoms with Crippen molar-refractivity contribution in [3.8, 4) is 11.5 Å². The van der Waals surface area contributed by atoms with E-state index in [9.17, 15) is 9.90 Å². The standard InChI is InChI=1S/C13H14N2O4/c1-8-5-12(19-15-8)13(17)14-7-9-6-10(18-2)3-4-11(9)16/h3-6,16H,7H2,1-2H3,(H,14,17). The topological polar surface area (TPSA) is 84.6 Å². The van der Waals surface area contributed by atoms with Gasteiger partial charge < -0.3 is 19.7 Å². The summed E-state index contributed by atoms with van der Waals surface area (Å²) in [6.45, 7) is 1.90. The Balaban J connectivity index is 2.04. The highest BCUT2D eigenvalue weighted by atomic mass is 16.5. The van der Waals surface area contributed by atoms with E-state index in [0.29, 0.717) is 17.0 Å². The van der Waals surface area contributed by atoms with Gasteiger partial charge in [-0.3, -0.25) is 4.79 Å². The number of rotatable bonds is 4. The van der Waals surface area contributed by atoms with Gasteiger partial charge in [-0.2, -0.15) is 0 Å². The van der Waals surface area contributed by atoms with Crippen LogP contribution in [0.4, 0.5) is 0 Å². The smallest absolute Gasteiger partial charge is 0.290 e. The predicted molar refractivity (Wildman–Crippen MR) is 67.1 cm³/mol. The van der Waals surface area contributed by atoms with Gasteiger partial charge in [0, 0.05) is 18.2 Å². The van der Waals surface area contributed by atoms with E-state index in [4.69, 9.17) is 9.26 Å². The molecule has 0 fully saturated rings. The van der Waals surface area contributed by atoms with E-state index in [-0.39, 0.29) is 24.0 Å². The molecule has 0 aliphatic carbocycles. The lowest BCUT2D eigenvalue weighted by molar-refractivity contribution is 0.0913. The molecule has 100 valence electrons. The van der Waals surface area contributed by atoms with E-state index in [2.05, 4.69) is 10.5 Å². The highest BCUT2D eigenvalue weighted by Crippen LogP contribution is 2.22. The summed E-state index contributed by atoms with van der Waals surface area (Å²) < 4.78 is 9.89. The van der Waals surface area contributed by atoms with Crippen molar-refractivity contribution in [2.24, 2.45) is 0 Å². The van der Waals surface area contributed by atoms with E-state index in [1.54, 1.807) is 25.1 Å². The summed E-state index contributed by atoms with van der Waals surface area (Å²) in [7, 11) is 1.53. The third-order valence-corrected chi connectivity index (χ3v) is 2.58. The molecule has 0 saturated heterocycles. The van der Waals surface area contributed by atoms with E-state index < -0.39 is 0 Å². The minimum absolute atomic E-state index is 0.0925. The van der Waals surface area contributed by atoms with Crippen LogP contribution >= 0.6 is 0 Å². The quantitative estimate of drug-likeness (QED) is 0.874. The maximum absolute atomic E-state index is 11.7. The van der Waals surface area contributed by atoms with Crippen LogP contribution in [0.15, 0.2) is 28.8 Å². The molecule has 0 saturated carbocycles. The Morgan fingerprint density at radius 1 is 1.47 bits per heavy atom. The highest BCUT2D eigenvalue weighted by Gasteiger charge is 2.12. The Morgan fingerprint density at radius 3 is 2.89 bits per heavy atom. The first-order valence-corrected chi connectivity index (χ1v) is 5.67. The summed E-state index contributed by atoms with van der Waals surface area (Å²) in [6, 6.07) is 6.35. The average molecular weight is 262 g/mol. The Morgan fingerprint density at radius 2 is 2.26 bits per heavy atom. The number of hydrogen-bond donors (Lipinski definition) is 2. The Kier molecular flexibility index (Phi) is 3.70. The minimum Gasteiger partial charge on any atom is -0.508 e. The fraction of sp³-hybridized carbons (Fsp3) is 0.231. The largest absolute Gasteiger partial charge is 0.508 e. The molecule has 0 radical (unpaired) electrons. The highest BCUT2D eigenvalue weighted by molar-refractivity contribution is 5.91. The lowest BCUT2D eigenvalue weighted by Gasteiger charge is -2.07. The zero-order chi connectivity index (χ0) is 13.8. The first-order chi connectivity index (χ1) is 9.10. The molecule has 2 N–H and O–H groups in total. The van der Waals surface area contributed by atoms with Gasteiger partial charge in [-0.25, -0.2) is 0 Å². The predicted octanol–water partition coefficient (Wildman–Crippen LogP) is 1.63. The molecule has 1 aromatic carbocycles. The molecule has 0 atom stereocenters. The molecule has 1 heterocycles. The average Bonchev–Trinajstić information content (AvgIpc) is 2.84. The molecule has 0 aliphatic rings. The van der Waals surface area contributed by atoms with E-state index in [1.807, 2.05) is 0 Å². The number of ether oxygens (including phenoxy) is 1. The first-order valence-electron chi connectivity index (χ1n) is 5.67. The summed E-state index contributed by atoms with van der Waals surface area (Å²) in [4.78, 5) is 11.7. The van der Waals surface area contributed by atoms with Crippen molar-refractivity contribution < 1.29 is 19.2 Å². The second-order valence-corrected chi connectivity index (χ2v) is 4.01. The molecule has 6 nitrogen and oxygen atoms in total. The Bertz CT molecular complexity index is 592. The molecular weight excluding hydrogens is 248 g/mol. The van der Waals surface area contributed by atoms with E-state index >= 15 is 0 Å². The van der Waals surface area contributed by atoms with Crippen LogP contribution in [0.5, 0.6) is 11.5 Å². The first kappa shape index (κ1) is 12.9. The zero-order valence-electron chi connectivity index (χ0n) is 10.6. The number of phenols is 1. The van der Waals surface area contributed by atoms with Crippen LogP contribution in [0.3, 0.4) is 0 Å². The number of methoxy groups -OCH3 is 1. The van der Waals surface area contributed by atoms with E-state index in [1.165, 1.54) is 13.2 Å². The molecule has 0 unspecified atom stereocenters. The van der Waals surface area contributed by atoms with Crippen molar-refractivity contribution in [3.05, 3.63) is 41.3 Å². The number of carbonyl (C=O) groups is 1. The maximum atomic E-state index is 11.7. The number of carbonyl (C=O) groups excluding carboxylic acids is 1. The number of phenolic OH excluding ortho intramolecular Hbond substituents is 1. The SMILES string of the molecule is COc1ccc(O)c(CNC(=O)c2cc(C)no2)c1. The van der Waals surface area contributed by atoms with Crippen LogP contribution in [0, 0.1) is 6.92 Å². The number of amides is 1. The van der Waals surface area contributed by atoms with Crippen LogP contribution in [0.1, 0.15) is 21.8 Å². The molecule has 0 bridgehead atoms. The number of hydrogen-bond acceptors (Lipinski definition) is 5. The minimum atomic E-state index is -0.386. The van der Waals surface area contributed by atoms with Crippen LogP contribution in [-0.2, 0) is 6.54 Å². The molecule has 0 aliphatic heterocycles. The molecule has 0 spiro atoms. The van der Waals surface area contributed by atoms with Crippen molar-refractivity contribution >= 4 is 5.91 Å². The molecular formula is C13H14N2O4. The van der Waals surface area contributed by atoms with Gasteiger partial charge in [0.1, 0.15) is 11.5 Å². The molecule has 1 aromatic heterocycles. The summed E-state index contributed by atoms with van der Waals surface area (Å²) in [5.41, 5.74) is 1.19. The van der Waals surface area contributed by atoms with Gasteiger partial charge in [-0.15, -0.1) is 0 Å². The van der Waals surface area contributed by atoms with Gasteiger partial charge >= 0.3 is 0 Å². The van der Waals surface area contributed by atoms with Gasteiger partial charge in [0.05, 0.1) is 12.8 Å². The summed E-state index contributed by atoms with van der Waals surface area (Å²) in [5.74, 6) is 0.454. The van der Waals surface area contributed by atoms with Crippen LogP contribution in [-0.4, -0.2) is 23.3 Å². The van der Waals surface area contributed by atoms with Crippen LogP contribution in [0.2, 0.25) is 0 Å². The van der Waals surface area contributed by atoms with Gasteiger partial charge in [0.2, 0.25) is 5.76 Å². The second-order valence-electron chi connectivity index (χ2n) is 4.01. The Labute approximate surface area is 110 Å². The number of nitrogens with one attached hydrogen (secondary N) is 1. The molecule has 19 heavy (non-hydrogen) atoms. The van der Waals surface area contributed by atoms with Crippen LogP contribution < -0.4 is 10.1 Å². The Hall–Kier alpha value is -2.50. The van der Waals surface area contributed by atoms with Crippen molar-refractivity contribution in [2.45, 2.75) is 13.5 Å². The van der Waals surface area contributed by atoms with Crippen molar-refractivity contribution in [3.63, 3.8) is 0 Å². The summed E-state index contributed by atoms with van der Waals surface area (Å²) in [5, 5.41) is 15.9. The van der Waals surface area contributed by atoms with Gasteiger partial charge in [-0.05, 0) is 25.1 Å². The monoisotopic (exact) mass is 262 g/mol. The number of aryl methyl sites for hydroxylation is 1. The molecule has 2 aromatic rings.